The second-order valence-electron chi connectivity index (χ2n) is 4.41. The second kappa shape index (κ2) is 6.73. The molecule has 1 amide bonds. The lowest BCUT2D eigenvalue weighted by Crippen LogP contribution is -3.15. The van der Waals surface area contributed by atoms with Gasteiger partial charge in [-0.1, -0.05) is 29.8 Å². The van der Waals surface area contributed by atoms with Crippen molar-refractivity contribution in [2.75, 3.05) is 32.8 Å². The molecule has 0 bridgehead atoms. The van der Waals surface area contributed by atoms with Crippen molar-refractivity contribution in [2.24, 2.45) is 0 Å². The Morgan fingerprint density at radius 3 is 2.78 bits per heavy atom. The summed E-state index contributed by atoms with van der Waals surface area (Å²) in [6.45, 7) is 4.29. The van der Waals surface area contributed by atoms with Crippen LogP contribution in [0.5, 0.6) is 0 Å². The first-order valence-electron chi connectivity index (χ1n) is 6.17. The number of carbonyl (C=O) groups excluding carboxylic acids is 1. The van der Waals surface area contributed by atoms with Crippen LogP contribution in [-0.2, 0) is 16.1 Å². The number of hydrogen-bond acceptors (Lipinski definition) is 2. The van der Waals surface area contributed by atoms with Crippen molar-refractivity contribution >= 4 is 17.5 Å². The van der Waals surface area contributed by atoms with Crippen molar-refractivity contribution in [3.8, 4) is 0 Å². The number of halogens is 1. The van der Waals surface area contributed by atoms with Crippen LogP contribution in [0.15, 0.2) is 24.3 Å². The lowest BCUT2D eigenvalue weighted by atomic mass is 10.2. The topological polar surface area (TPSA) is 42.8 Å². The van der Waals surface area contributed by atoms with E-state index < -0.39 is 0 Å². The molecule has 0 saturated carbocycles. The molecule has 0 aromatic heterocycles. The second-order valence-corrected chi connectivity index (χ2v) is 4.81. The van der Waals surface area contributed by atoms with E-state index in [0.717, 1.165) is 31.9 Å². The molecule has 18 heavy (non-hydrogen) atoms. The van der Waals surface area contributed by atoms with Crippen LogP contribution in [0, 0.1) is 0 Å². The van der Waals surface area contributed by atoms with Crippen LogP contribution in [0.1, 0.15) is 5.56 Å². The summed E-state index contributed by atoms with van der Waals surface area (Å²) in [5, 5.41) is 3.59. The summed E-state index contributed by atoms with van der Waals surface area (Å²) in [5.41, 5.74) is 0.949. The molecule has 0 aliphatic carbocycles. The highest BCUT2D eigenvalue weighted by Gasteiger charge is 2.17. The summed E-state index contributed by atoms with van der Waals surface area (Å²) in [6.07, 6.45) is 0. The third-order valence-corrected chi connectivity index (χ3v) is 3.41. The first-order valence-corrected chi connectivity index (χ1v) is 6.55. The van der Waals surface area contributed by atoms with E-state index in [4.69, 9.17) is 16.3 Å². The highest BCUT2D eigenvalue weighted by atomic mass is 35.5. The average molecular weight is 270 g/mol. The van der Waals surface area contributed by atoms with Gasteiger partial charge in [0.15, 0.2) is 6.54 Å². The molecule has 0 atom stereocenters. The summed E-state index contributed by atoms with van der Waals surface area (Å²) in [4.78, 5) is 13.1. The number of benzene rings is 1. The molecule has 0 radical (unpaired) electrons. The van der Waals surface area contributed by atoms with Crippen molar-refractivity contribution < 1.29 is 14.4 Å². The van der Waals surface area contributed by atoms with Crippen LogP contribution in [0.2, 0.25) is 5.02 Å². The predicted octanol–water partition coefficient (Wildman–Crippen LogP) is -0.129. The van der Waals surface area contributed by atoms with Gasteiger partial charge in [-0.3, -0.25) is 4.79 Å². The molecule has 5 heteroatoms. The number of hydrogen-bond donors (Lipinski definition) is 2. The lowest BCUT2D eigenvalue weighted by molar-refractivity contribution is -0.900. The van der Waals surface area contributed by atoms with E-state index >= 15 is 0 Å². The fraction of sp³-hybridized carbons (Fsp3) is 0.462. The number of nitrogens with one attached hydrogen (secondary N) is 2. The highest BCUT2D eigenvalue weighted by molar-refractivity contribution is 6.31. The van der Waals surface area contributed by atoms with Crippen molar-refractivity contribution in [2.45, 2.75) is 6.54 Å². The van der Waals surface area contributed by atoms with Crippen molar-refractivity contribution in [1.82, 2.24) is 5.32 Å². The van der Waals surface area contributed by atoms with E-state index in [1.165, 1.54) is 4.90 Å². The number of carbonyl (C=O) groups is 1. The molecular weight excluding hydrogens is 252 g/mol. The van der Waals surface area contributed by atoms with Gasteiger partial charge in [-0.25, -0.2) is 0 Å². The first kappa shape index (κ1) is 13.3. The summed E-state index contributed by atoms with van der Waals surface area (Å²) in [7, 11) is 0. The molecule has 1 heterocycles. The Bertz CT molecular complexity index is 406. The van der Waals surface area contributed by atoms with Gasteiger partial charge in [0.1, 0.15) is 13.1 Å². The van der Waals surface area contributed by atoms with Crippen molar-refractivity contribution in [3.63, 3.8) is 0 Å². The average Bonchev–Trinajstić information content (AvgIpc) is 2.39. The van der Waals surface area contributed by atoms with Crippen molar-refractivity contribution in [3.05, 3.63) is 34.9 Å². The number of rotatable bonds is 4. The Labute approximate surface area is 112 Å². The molecule has 1 aromatic rings. The number of morpholine rings is 1. The normalized spacial score (nSPS) is 16.5. The predicted molar refractivity (Wildman–Crippen MR) is 69.7 cm³/mol. The van der Waals surface area contributed by atoms with Gasteiger partial charge in [0.05, 0.1) is 13.2 Å². The molecule has 0 unspecified atom stereocenters. The zero-order valence-corrected chi connectivity index (χ0v) is 11.0. The van der Waals surface area contributed by atoms with Gasteiger partial charge >= 0.3 is 0 Å². The van der Waals surface area contributed by atoms with Gasteiger partial charge in [-0.05, 0) is 11.6 Å². The summed E-state index contributed by atoms with van der Waals surface area (Å²) < 4.78 is 5.26. The Morgan fingerprint density at radius 2 is 2.06 bits per heavy atom. The van der Waals surface area contributed by atoms with Gasteiger partial charge in [-0.15, -0.1) is 0 Å². The molecule has 2 N–H and O–H groups in total. The quantitative estimate of drug-likeness (QED) is 0.800. The lowest BCUT2D eigenvalue weighted by Gasteiger charge is -2.23. The Hall–Kier alpha value is -1.10. The molecule has 1 aliphatic rings. The van der Waals surface area contributed by atoms with Crippen LogP contribution < -0.4 is 10.2 Å². The zero-order chi connectivity index (χ0) is 12.8. The van der Waals surface area contributed by atoms with E-state index in [9.17, 15) is 4.79 Å². The monoisotopic (exact) mass is 269 g/mol. The van der Waals surface area contributed by atoms with Gasteiger partial charge in [0, 0.05) is 11.6 Å². The van der Waals surface area contributed by atoms with Gasteiger partial charge in [-0.2, -0.15) is 0 Å². The number of amides is 1. The van der Waals surface area contributed by atoms with Crippen LogP contribution in [0.25, 0.3) is 0 Å². The first-order chi connectivity index (χ1) is 8.75. The summed E-state index contributed by atoms with van der Waals surface area (Å²) in [6, 6.07) is 7.55. The molecule has 2 rings (SSSR count). The van der Waals surface area contributed by atoms with Gasteiger partial charge in [0.25, 0.3) is 5.91 Å². The third kappa shape index (κ3) is 3.98. The third-order valence-electron chi connectivity index (χ3n) is 3.04. The van der Waals surface area contributed by atoms with E-state index in [-0.39, 0.29) is 5.91 Å². The summed E-state index contributed by atoms with van der Waals surface area (Å²) in [5.74, 6) is 0.0619. The minimum atomic E-state index is 0.0619. The van der Waals surface area contributed by atoms with Crippen LogP contribution in [0.4, 0.5) is 0 Å². The minimum Gasteiger partial charge on any atom is -0.370 e. The fourth-order valence-electron chi connectivity index (χ4n) is 1.96. The van der Waals surface area contributed by atoms with Crippen LogP contribution in [0.3, 0.4) is 0 Å². The molecule has 1 aliphatic heterocycles. The van der Waals surface area contributed by atoms with E-state index in [1.54, 1.807) is 0 Å². The maximum Gasteiger partial charge on any atom is 0.275 e. The number of ether oxygens (including phenoxy) is 1. The van der Waals surface area contributed by atoms with Crippen molar-refractivity contribution in [1.29, 1.82) is 0 Å². The maximum atomic E-state index is 11.8. The Kier molecular flexibility index (Phi) is 4.99. The molecule has 0 spiro atoms. The molecule has 1 aromatic carbocycles. The highest BCUT2D eigenvalue weighted by Crippen LogP contribution is 2.13. The SMILES string of the molecule is O=C(C[NH+]1CCOCC1)NCc1ccccc1Cl. The van der Waals surface area contributed by atoms with Crippen LogP contribution >= 0.6 is 11.6 Å². The Balaban J connectivity index is 1.76. The van der Waals surface area contributed by atoms with E-state index in [0.29, 0.717) is 18.1 Å². The molecular formula is C13H18ClN2O2+. The zero-order valence-electron chi connectivity index (χ0n) is 10.2. The number of quaternary nitrogens is 1. The van der Waals surface area contributed by atoms with Gasteiger partial charge in [0.2, 0.25) is 0 Å². The van der Waals surface area contributed by atoms with E-state index in [2.05, 4.69) is 5.32 Å². The maximum absolute atomic E-state index is 11.8. The van der Waals surface area contributed by atoms with Gasteiger partial charge < -0.3 is 15.0 Å². The standard InChI is InChI=1S/C13H17ClN2O2/c14-12-4-2-1-3-11(12)9-15-13(17)10-16-5-7-18-8-6-16/h1-4H,5-10H2,(H,15,17)/p+1. The molecule has 1 saturated heterocycles. The van der Waals surface area contributed by atoms with E-state index in [1.807, 2.05) is 24.3 Å². The van der Waals surface area contributed by atoms with Crippen LogP contribution in [-0.4, -0.2) is 38.8 Å². The Morgan fingerprint density at radius 1 is 1.33 bits per heavy atom. The minimum absolute atomic E-state index is 0.0619. The largest absolute Gasteiger partial charge is 0.370 e. The summed E-state index contributed by atoms with van der Waals surface area (Å²) >= 11 is 6.03. The molecule has 4 nitrogen and oxygen atoms in total. The molecule has 98 valence electrons. The molecule has 1 fully saturated rings. The fourth-order valence-corrected chi connectivity index (χ4v) is 2.16. The smallest absolute Gasteiger partial charge is 0.275 e.